The zero-order valence-corrected chi connectivity index (χ0v) is 12.6. The first-order chi connectivity index (χ1) is 9.63. The summed E-state index contributed by atoms with van der Waals surface area (Å²) in [5.41, 5.74) is 5.39. The van der Waals surface area contributed by atoms with Crippen molar-refractivity contribution in [1.29, 1.82) is 0 Å². The standard InChI is InChI=1S/C15H29N3O2/c1-12(15(20)17-10-6-5-9-16)18-14(19)11-13-7-3-2-4-8-13/h12-13H,2-11,16H2,1H3,(H,17,20)(H,18,19). The molecule has 0 aromatic carbocycles. The fourth-order valence-electron chi connectivity index (χ4n) is 2.65. The Morgan fingerprint density at radius 3 is 2.55 bits per heavy atom. The fourth-order valence-corrected chi connectivity index (χ4v) is 2.65. The monoisotopic (exact) mass is 283 g/mol. The van der Waals surface area contributed by atoms with Crippen molar-refractivity contribution in [3.05, 3.63) is 0 Å². The minimum Gasteiger partial charge on any atom is -0.354 e. The van der Waals surface area contributed by atoms with Crippen LogP contribution in [0.25, 0.3) is 0 Å². The fraction of sp³-hybridized carbons (Fsp3) is 0.867. The number of nitrogens with one attached hydrogen (secondary N) is 2. The number of carbonyl (C=O) groups excluding carboxylic acids is 2. The van der Waals surface area contributed by atoms with Crippen LogP contribution in [0, 0.1) is 5.92 Å². The Balaban J connectivity index is 2.17. The van der Waals surface area contributed by atoms with Gasteiger partial charge in [0.2, 0.25) is 11.8 Å². The van der Waals surface area contributed by atoms with Crippen LogP contribution < -0.4 is 16.4 Å². The van der Waals surface area contributed by atoms with Gasteiger partial charge in [-0.2, -0.15) is 0 Å². The number of nitrogens with two attached hydrogens (primary N) is 1. The van der Waals surface area contributed by atoms with Crippen molar-refractivity contribution in [1.82, 2.24) is 10.6 Å². The van der Waals surface area contributed by atoms with Gasteiger partial charge in [0.15, 0.2) is 0 Å². The molecule has 5 nitrogen and oxygen atoms in total. The number of hydrogen-bond acceptors (Lipinski definition) is 3. The van der Waals surface area contributed by atoms with E-state index in [2.05, 4.69) is 10.6 Å². The predicted molar refractivity (Wildman–Crippen MR) is 80.1 cm³/mol. The van der Waals surface area contributed by atoms with E-state index in [4.69, 9.17) is 5.73 Å². The van der Waals surface area contributed by atoms with E-state index < -0.39 is 6.04 Å². The summed E-state index contributed by atoms with van der Waals surface area (Å²) in [4.78, 5) is 23.7. The number of carbonyl (C=O) groups is 2. The summed E-state index contributed by atoms with van der Waals surface area (Å²) < 4.78 is 0. The summed E-state index contributed by atoms with van der Waals surface area (Å²) in [6, 6.07) is -0.455. The highest BCUT2D eigenvalue weighted by Gasteiger charge is 2.20. The van der Waals surface area contributed by atoms with Crippen LogP contribution in [0.1, 0.15) is 58.3 Å². The van der Waals surface area contributed by atoms with E-state index in [0.717, 1.165) is 25.7 Å². The Bertz CT molecular complexity index is 301. The third-order valence-corrected chi connectivity index (χ3v) is 3.90. The van der Waals surface area contributed by atoms with Crippen LogP contribution in [0.15, 0.2) is 0 Å². The molecule has 0 spiro atoms. The molecule has 1 saturated carbocycles. The van der Waals surface area contributed by atoms with Gasteiger partial charge in [0.25, 0.3) is 0 Å². The lowest BCUT2D eigenvalue weighted by Gasteiger charge is -2.22. The highest BCUT2D eigenvalue weighted by atomic mass is 16.2. The van der Waals surface area contributed by atoms with Crippen molar-refractivity contribution >= 4 is 11.8 Å². The van der Waals surface area contributed by atoms with Crippen LogP contribution in [-0.4, -0.2) is 30.9 Å². The molecule has 1 atom stereocenters. The van der Waals surface area contributed by atoms with E-state index in [-0.39, 0.29) is 11.8 Å². The first kappa shape index (κ1) is 17.0. The van der Waals surface area contributed by atoms with Crippen molar-refractivity contribution in [2.45, 2.75) is 64.3 Å². The van der Waals surface area contributed by atoms with Crippen molar-refractivity contribution in [3.8, 4) is 0 Å². The second-order valence-electron chi connectivity index (χ2n) is 5.78. The summed E-state index contributed by atoms with van der Waals surface area (Å²) in [6.07, 6.45) is 8.39. The van der Waals surface area contributed by atoms with Crippen LogP contribution in [0.2, 0.25) is 0 Å². The third kappa shape index (κ3) is 6.89. The number of amides is 2. The van der Waals surface area contributed by atoms with Crippen molar-refractivity contribution in [3.63, 3.8) is 0 Å². The molecule has 4 N–H and O–H groups in total. The van der Waals surface area contributed by atoms with Crippen molar-refractivity contribution in [2.24, 2.45) is 11.7 Å². The Morgan fingerprint density at radius 2 is 1.90 bits per heavy atom. The number of hydrogen-bond donors (Lipinski definition) is 3. The predicted octanol–water partition coefficient (Wildman–Crippen LogP) is 1.32. The van der Waals surface area contributed by atoms with Crippen LogP contribution >= 0.6 is 0 Å². The molecule has 20 heavy (non-hydrogen) atoms. The van der Waals surface area contributed by atoms with Crippen LogP contribution in [0.4, 0.5) is 0 Å². The quantitative estimate of drug-likeness (QED) is 0.587. The van der Waals surface area contributed by atoms with Gasteiger partial charge >= 0.3 is 0 Å². The first-order valence-corrected chi connectivity index (χ1v) is 7.90. The second kappa shape index (κ2) is 9.75. The molecule has 0 saturated heterocycles. The van der Waals surface area contributed by atoms with E-state index >= 15 is 0 Å². The minimum atomic E-state index is -0.455. The second-order valence-corrected chi connectivity index (χ2v) is 5.78. The smallest absolute Gasteiger partial charge is 0.242 e. The Kier molecular flexibility index (Phi) is 8.26. The number of unbranched alkanes of at least 4 members (excludes halogenated alkanes) is 1. The van der Waals surface area contributed by atoms with Gasteiger partial charge in [0, 0.05) is 13.0 Å². The van der Waals surface area contributed by atoms with E-state index in [1.165, 1.54) is 19.3 Å². The molecule has 0 heterocycles. The van der Waals surface area contributed by atoms with E-state index in [0.29, 0.717) is 25.4 Å². The van der Waals surface area contributed by atoms with Crippen LogP contribution in [-0.2, 0) is 9.59 Å². The van der Waals surface area contributed by atoms with Crippen molar-refractivity contribution < 1.29 is 9.59 Å². The van der Waals surface area contributed by atoms with Gasteiger partial charge in [0.05, 0.1) is 0 Å². The van der Waals surface area contributed by atoms with E-state index in [1.807, 2.05) is 0 Å². The summed E-state index contributed by atoms with van der Waals surface area (Å²) in [7, 11) is 0. The molecule has 1 unspecified atom stereocenters. The molecule has 1 rings (SSSR count). The highest BCUT2D eigenvalue weighted by molar-refractivity contribution is 5.87. The molecule has 1 fully saturated rings. The van der Waals surface area contributed by atoms with Gasteiger partial charge in [-0.1, -0.05) is 19.3 Å². The summed E-state index contributed by atoms with van der Waals surface area (Å²) in [5, 5.41) is 5.61. The van der Waals surface area contributed by atoms with Crippen molar-refractivity contribution in [2.75, 3.05) is 13.1 Å². The average molecular weight is 283 g/mol. The maximum Gasteiger partial charge on any atom is 0.242 e. The van der Waals surface area contributed by atoms with Gasteiger partial charge in [-0.25, -0.2) is 0 Å². The van der Waals surface area contributed by atoms with E-state index in [9.17, 15) is 9.59 Å². The lowest BCUT2D eigenvalue weighted by atomic mass is 9.87. The number of rotatable bonds is 8. The molecule has 0 bridgehead atoms. The van der Waals surface area contributed by atoms with Crippen LogP contribution in [0.3, 0.4) is 0 Å². The Labute approximate surface area is 122 Å². The molecule has 0 aromatic rings. The molecule has 1 aliphatic rings. The van der Waals surface area contributed by atoms with Gasteiger partial charge in [-0.15, -0.1) is 0 Å². The molecule has 0 radical (unpaired) electrons. The largest absolute Gasteiger partial charge is 0.354 e. The third-order valence-electron chi connectivity index (χ3n) is 3.90. The zero-order valence-electron chi connectivity index (χ0n) is 12.6. The normalized spacial score (nSPS) is 17.5. The molecular formula is C15H29N3O2. The molecule has 116 valence electrons. The summed E-state index contributed by atoms with van der Waals surface area (Å²) in [6.45, 7) is 3.00. The molecular weight excluding hydrogens is 254 g/mol. The molecule has 2 amide bonds. The van der Waals surface area contributed by atoms with Crippen LogP contribution in [0.5, 0.6) is 0 Å². The summed E-state index contributed by atoms with van der Waals surface area (Å²) in [5.74, 6) is 0.393. The van der Waals surface area contributed by atoms with E-state index in [1.54, 1.807) is 6.92 Å². The molecule has 5 heteroatoms. The lowest BCUT2D eigenvalue weighted by Crippen LogP contribution is -2.45. The first-order valence-electron chi connectivity index (χ1n) is 7.90. The van der Waals surface area contributed by atoms with Gasteiger partial charge < -0.3 is 16.4 Å². The zero-order chi connectivity index (χ0) is 14.8. The van der Waals surface area contributed by atoms with Gasteiger partial charge in [-0.05, 0) is 45.1 Å². The topological polar surface area (TPSA) is 84.2 Å². The summed E-state index contributed by atoms with van der Waals surface area (Å²) >= 11 is 0. The van der Waals surface area contributed by atoms with Gasteiger partial charge in [-0.3, -0.25) is 9.59 Å². The SMILES string of the molecule is CC(NC(=O)CC1CCCCC1)C(=O)NCCCCN. The highest BCUT2D eigenvalue weighted by Crippen LogP contribution is 2.26. The lowest BCUT2D eigenvalue weighted by molar-refractivity contribution is -0.129. The maximum absolute atomic E-state index is 11.9. The Hall–Kier alpha value is -1.10. The average Bonchev–Trinajstić information content (AvgIpc) is 2.44. The molecule has 0 aliphatic heterocycles. The maximum atomic E-state index is 11.9. The molecule has 0 aromatic heterocycles. The minimum absolute atomic E-state index is 0.00140. The molecule has 1 aliphatic carbocycles. The van der Waals surface area contributed by atoms with Gasteiger partial charge in [0.1, 0.15) is 6.04 Å². The Morgan fingerprint density at radius 1 is 1.20 bits per heavy atom.